The maximum Gasteiger partial charge on any atom is 0.273 e. The summed E-state index contributed by atoms with van der Waals surface area (Å²) < 4.78 is 1.84. The lowest BCUT2D eigenvalue weighted by Crippen LogP contribution is -2.35. The van der Waals surface area contributed by atoms with Gasteiger partial charge < -0.3 is 10.2 Å². The third-order valence-electron chi connectivity index (χ3n) is 3.65. The molecule has 2 amide bonds. The van der Waals surface area contributed by atoms with E-state index in [9.17, 15) is 9.59 Å². The first-order chi connectivity index (χ1) is 11.0. The summed E-state index contributed by atoms with van der Waals surface area (Å²) in [6, 6.07) is 1.98. The molecule has 0 unspecified atom stereocenters. The fourth-order valence-corrected chi connectivity index (χ4v) is 3.25. The topological polar surface area (TPSA) is 80.1 Å². The molecule has 120 valence electrons. The van der Waals surface area contributed by atoms with Gasteiger partial charge in [0, 0.05) is 38.6 Å². The highest BCUT2D eigenvalue weighted by Crippen LogP contribution is 2.23. The lowest BCUT2D eigenvalue weighted by molar-refractivity contribution is -0.114. The van der Waals surface area contributed by atoms with Gasteiger partial charge in [-0.25, -0.2) is 4.98 Å². The minimum atomic E-state index is -0.194. The second-order valence-electron chi connectivity index (χ2n) is 5.29. The highest BCUT2D eigenvalue weighted by Gasteiger charge is 2.22. The Morgan fingerprint density at radius 2 is 2.22 bits per heavy atom. The Balaban J connectivity index is 1.68. The number of carbonyl (C=O) groups is 2. The van der Waals surface area contributed by atoms with E-state index in [2.05, 4.69) is 21.5 Å². The number of aryl methyl sites for hydroxylation is 1. The van der Waals surface area contributed by atoms with Crippen molar-refractivity contribution in [2.45, 2.75) is 13.3 Å². The van der Waals surface area contributed by atoms with Crippen molar-refractivity contribution >= 4 is 33.9 Å². The predicted octanol–water partition coefficient (Wildman–Crippen LogP) is 1.76. The Labute approximate surface area is 137 Å². The molecular weight excluding hydrogens is 314 g/mol. The van der Waals surface area contributed by atoms with Crippen molar-refractivity contribution in [1.82, 2.24) is 19.7 Å². The van der Waals surface area contributed by atoms with Crippen LogP contribution in [0.4, 0.5) is 5.13 Å². The van der Waals surface area contributed by atoms with Gasteiger partial charge in [0.25, 0.3) is 5.91 Å². The van der Waals surface area contributed by atoms with E-state index in [1.165, 1.54) is 23.8 Å². The summed E-state index contributed by atoms with van der Waals surface area (Å²) in [4.78, 5) is 29.4. The zero-order valence-electron chi connectivity index (χ0n) is 12.9. The molecule has 2 aromatic heterocycles. The fourth-order valence-electron chi connectivity index (χ4n) is 2.52. The zero-order chi connectivity index (χ0) is 16.4. The van der Waals surface area contributed by atoms with E-state index < -0.39 is 0 Å². The number of nitrogens with zero attached hydrogens (tertiary/aromatic N) is 4. The van der Waals surface area contributed by atoms with E-state index >= 15 is 0 Å². The molecule has 0 radical (unpaired) electrons. The van der Waals surface area contributed by atoms with Gasteiger partial charge in [0.2, 0.25) is 5.91 Å². The summed E-state index contributed by atoms with van der Waals surface area (Å²) in [5.41, 5.74) is 2.65. The standard InChI is InChI=1S/C15H17N5O2S/c1-10(21)17-15-18-12(9-23-15)14(22)20-7-4-11(5-8-20)13-3-6-16-19(13)2/h3-4,6,9H,5,7-8H2,1-2H3,(H,17,18,21). The van der Waals surface area contributed by atoms with Crippen molar-refractivity contribution in [1.29, 1.82) is 0 Å². The first-order valence-electron chi connectivity index (χ1n) is 7.24. The minimum absolute atomic E-state index is 0.113. The molecule has 1 N–H and O–H groups in total. The van der Waals surface area contributed by atoms with Crippen LogP contribution in [0.5, 0.6) is 0 Å². The summed E-state index contributed by atoms with van der Waals surface area (Å²) in [5.74, 6) is -0.307. The van der Waals surface area contributed by atoms with Gasteiger partial charge in [-0.3, -0.25) is 14.3 Å². The van der Waals surface area contributed by atoms with Crippen molar-refractivity contribution in [3.8, 4) is 0 Å². The van der Waals surface area contributed by atoms with E-state index in [4.69, 9.17) is 0 Å². The Bertz CT molecular complexity index is 776. The maximum absolute atomic E-state index is 12.5. The second-order valence-corrected chi connectivity index (χ2v) is 6.15. The molecule has 0 saturated carbocycles. The second kappa shape index (κ2) is 6.33. The van der Waals surface area contributed by atoms with E-state index in [0.29, 0.717) is 23.9 Å². The summed E-state index contributed by atoms with van der Waals surface area (Å²) in [7, 11) is 1.91. The van der Waals surface area contributed by atoms with Crippen molar-refractivity contribution in [3.05, 3.63) is 35.1 Å². The highest BCUT2D eigenvalue weighted by molar-refractivity contribution is 7.14. The number of nitrogens with one attached hydrogen (secondary N) is 1. The molecule has 3 heterocycles. The summed E-state index contributed by atoms with van der Waals surface area (Å²) in [6.45, 7) is 2.60. The number of anilines is 1. The number of carbonyl (C=O) groups excluding carboxylic acids is 2. The molecule has 8 heteroatoms. The van der Waals surface area contributed by atoms with Crippen LogP contribution in [0.2, 0.25) is 0 Å². The average Bonchev–Trinajstić information content (AvgIpc) is 3.15. The van der Waals surface area contributed by atoms with Crippen LogP contribution in [0.1, 0.15) is 29.5 Å². The van der Waals surface area contributed by atoms with Crippen molar-refractivity contribution in [2.24, 2.45) is 7.05 Å². The van der Waals surface area contributed by atoms with E-state index in [1.807, 2.05) is 17.8 Å². The smallest absolute Gasteiger partial charge is 0.273 e. The third kappa shape index (κ3) is 3.31. The van der Waals surface area contributed by atoms with E-state index in [-0.39, 0.29) is 11.8 Å². The van der Waals surface area contributed by atoms with Crippen molar-refractivity contribution < 1.29 is 9.59 Å². The maximum atomic E-state index is 12.5. The Morgan fingerprint density at radius 1 is 1.39 bits per heavy atom. The highest BCUT2D eigenvalue weighted by atomic mass is 32.1. The largest absolute Gasteiger partial charge is 0.333 e. The van der Waals surface area contributed by atoms with Gasteiger partial charge in [-0.2, -0.15) is 5.10 Å². The molecule has 1 aliphatic rings. The predicted molar refractivity (Wildman–Crippen MR) is 88.1 cm³/mol. The van der Waals surface area contributed by atoms with Crippen LogP contribution in [0.25, 0.3) is 5.57 Å². The van der Waals surface area contributed by atoms with Gasteiger partial charge in [-0.1, -0.05) is 6.08 Å². The van der Waals surface area contributed by atoms with Crippen LogP contribution < -0.4 is 5.32 Å². The van der Waals surface area contributed by atoms with E-state index in [1.54, 1.807) is 16.5 Å². The quantitative estimate of drug-likeness (QED) is 0.929. The minimum Gasteiger partial charge on any atom is -0.333 e. The molecule has 3 rings (SSSR count). The molecule has 0 spiro atoms. The zero-order valence-corrected chi connectivity index (χ0v) is 13.8. The lowest BCUT2D eigenvalue weighted by Gasteiger charge is -2.25. The van der Waals surface area contributed by atoms with Crippen LogP contribution in [-0.4, -0.2) is 44.6 Å². The monoisotopic (exact) mass is 331 g/mol. The number of aromatic nitrogens is 3. The molecule has 0 atom stereocenters. The Hall–Kier alpha value is -2.48. The SMILES string of the molecule is CC(=O)Nc1nc(C(=O)N2CC=C(c3ccnn3C)CC2)cs1. The molecule has 0 aromatic carbocycles. The van der Waals surface area contributed by atoms with Gasteiger partial charge in [-0.15, -0.1) is 11.3 Å². The first-order valence-corrected chi connectivity index (χ1v) is 8.12. The molecule has 0 fully saturated rings. The van der Waals surface area contributed by atoms with Crippen LogP contribution in [-0.2, 0) is 11.8 Å². The average molecular weight is 331 g/mol. The van der Waals surface area contributed by atoms with Crippen molar-refractivity contribution in [3.63, 3.8) is 0 Å². The van der Waals surface area contributed by atoms with Crippen LogP contribution in [0, 0.1) is 0 Å². The molecule has 23 heavy (non-hydrogen) atoms. The number of thiazole rings is 1. The fraction of sp³-hybridized carbons (Fsp3) is 0.333. The summed E-state index contributed by atoms with van der Waals surface area (Å²) in [6.07, 6.45) is 4.61. The van der Waals surface area contributed by atoms with Crippen LogP contribution in [0.15, 0.2) is 23.7 Å². The number of amides is 2. The number of hydrogen-bond donors (Lipinski definition) is 1. The van der Waals surface area contributed by atoms with Gasteiger partial charge in [0.1, 0.15) is 5.69 Å². The number of rotatable bonds is 3. The van der Waals surface area contributed by atoms with Crippen LogP contribution >= 0.6 is 11.3 Å². The summed E-state index contributed by atoms with van der Waals surface area (Å²) in [5, 5.41) is 8.89. The normalized spacial score (nSPS) is 14.5. The van der Waals surface area contributed by atoms with Gasteiger partial charge in [0.05, 0.1) is 5.69 Å². The molecular formula is C15H17N5O2S. The lowest BCUT2D eigenvalue weighted by atomic mass is 10.0. The van der Waals surface area contributed by atoms with Gasteiger partial charge >= 0.3 is 0 Å². The first kappa shape index (κ1) is 15.4. The van der Waals surface area contributed by atoms with Crippen LogP contribution in [0.3, 0.4) is 0 Å². The third-order valence-corrected chi connectivity index (χ3v) is 4.41. The molecule has 0 aliphatic carbocycles. The number of hydrogen-bond acceptors (Lipinski definition) is 5. The molecule has 2 aromatic rings. The summed E-state index contributed by atoms with van der Waals surface area (Å²) >= 11 is 1.25. The van der Waals surface area contributed by atoms with Crippen molar-refractivity contribution in [2.75, 3.05) is 18.4 Å². The Kier molecular flexibility index (Phi) is 4.24. The van der Waals surface area contributed by atoms with E-state index in [0.717, 1.165) is 12.1 Å². The van der Waals surface area contributed by atoms with Gasteiger partial charge in [0.15, 0.2) is 5.13 Å². The molecule has 7 nitrogen and oxygen atoms in total. The molecule has 1 aliphatic heterocycles. The van der Waals surface area contributed by atoms with Gasteiger partial charge in [-0.05, 0) is 18.1 Å². The Morgan fingerprint density at radius 3 is 2.83 bits per heavy atom. The molecule has 0 saturated heterocycles. The molecule has 0 bridgehead atoms.